The Bertz CT molecular complexity index is 663. The molecule has 0 aliphatic rings. The van der Waals surface area contributed by atoms with Gasteiger partial charge in [-0.25, -0.2) is 13.1 Å². The van der Waals surface area contributed by atoms with Gasteiger partial charge in [0.05, 0.1) is 6.20 Å². The summed E-state index contributed by atoms with van der Waals surface area (Å²) < 4.78 is 37.4. The number of aryl methyl sites for hydroxylation is 1. The molecular formula is C12H16N2O4S. The van der Waals surface area contributed by atoms with Gasteiger partial charge in [0.1, 0.15) is 10.7 Å². The molecule has 2 rings (SSSR count). The van der Waals surface area contributed by atoms with Crippen molar-refractivity contribution in [2.24, 2.45) is 0 Å². The van der Waals surface area contributed by atoms with Gasteiger partial charge in [-0.1, -0.05) is 5.16 Å². The lowest BCUT2D eigenvalue weighted by molar-refractivity contribution is 0.414. The van der Waals surface area contributed by atoms with Gasteiger partial charge in [-0.05, 0) is 27.7 Å². The van der Waals surface area contributed by atoms with Crippen molar-refractivity contribution in [1.82, 2.24) is 9.88 Å². The Balaban J connectivity index is 2.42. The summed E-state index contributed by atoms with van der Waals surface area (Å²) in [6.45, 7) is 6.92. The summed E-state index contributed by atoms with van der Waals surface area (Å²) in [7, 11) is -3.62. The number of hydrogen-bond donors (Lipinski definition) is 1. The molecule has 2 heterocycles. The predicted molar refractivity (Wildman–Crippen MR) is 69.0 cm³/mol. The van der Waals surface area contributed by atoms with E-state index in [2.05, 4.69) is 9.88 Å². The van der Waals surface area contributed by atoms with E-state index in [9.17, 15) is 8.42 Å². The summed E-state index contributed by atoms with van der Waals surface area (Å²) in [6, 6.07) is 3.04. The molecule has 0 fully saturated rings. The molecule has 2 aromatic rings. The van der Waals surface area contributed by atoms with Crippen LogP contribution in [-0.2, 0) is 10.0 Å². The summed E-state index contributed by atoms with van der Waals surface area (Å²) in [6.07, 6.45) is 1.47. The number of nitrogens with one attached hydrogen (secondary N) is 1. The molecule has 0 spiro atoms. The topological polar surface area (TPSA) is 85.3 Å². The molecular weight excluding hydrogens is 268 g/mol. The van der Waals surface area contributed by atoms with Crippen molar-refractivity contribution in [1.29, 1.82) is 0 Å². The molecule has 0 atom stereocenters. The van der Waals surface area contributed by atoms with E-state index in [1.54, 1.807) is 33.8 Å². The first-order valence-corrected chi connectivity index (χ1v) is 7.23. The maximum absolute atomic E-state index is 12.2. The molecule has 6 nitrogen and oxygen atoms in total. The van der Waals surface area contributed by atoms with Gasteiger partial charge in [0, 0.05) is 17.7 Å². The Morgan fingerprint density at radius 3 is 2.47 bits per heavy atom. The smallest absolute Gasteiger partial charge is 0.244 e. The van der Waals surface area contributed by atoms with Crippen LogP contribution in [0.15, 0.2) is 32.2 Å². The summed E-state index contributed by atoms with van der Waals surface area (Å²) in [4.78, 5) is 0.105. The molecule has 0 saturated carbocycles. The molecule has 0 saturated heterocycles. The molecule has 0 unspecified atom stereocenters. The van der Waals surface area contributed by atoms with Crippen LogP contribution in [0, 0.1) is 6.92 Å². The van der Waals surface area contributed by atoms with E-state index in [1.165, 1.54) is 12.3 Å². The first kappa shape index (κ1) is 13.8. The Labute approximate surface area is 111 Å². The first-order chi connectivity index (χ1) is 8.69. The largest absolute Gasteiger partial charge is 0.457 e. The highest BCUT2D eigenvalue weighted by Gasteiger charge is 2.27. The summed E-state index contributed by atoms with van der Waals surface area (Å²) >= 11 is 0. The standard InChI is InChI=1S/C12H16N2O4S/c1-8-11(19(15,16)14-12(2,3)4)7-10(17-8)9-5-6-13-18-9/h5-7,14H,1-4H3. The average molecular weight is 284 g/mol. The first-order valence-electron chi connectivity index (χ1n) is 5.74. The molecule has 2 aromatic heterocycles. The molecule has 19 heavy (non-hydrogen) atoms. The van der Waals surface area contributed by atoms with E-state index >= 15 is 0 Å². The number of hydrogen-bond acceptors (Lipinski definition) is 5. The van der Waals surface area contributed by atoms with Gasteiger partial charge in [-0.3, -0.25) is 0 Å². The second-order valence-corrected chi connectivity index (χ2v) is 6.91. The van der Waals surface area contributed by atoms with E-state index in [1.807, 2.05) is 0 Å². The molecule has 7 heteroatoms. The van der Waals surface area contributed by atoms with Crippen LogP contribution in [0.5, 0.6) is 0 Å². The zero-order chi connectivity index (χ0) is 14.3. The van der Waals surface area contributed by atoms with Gasteiger partial charge in [-0.15, -0.1) is 0 Å². The van der Waals surface area contributed by atoms with Crippen molar-refractivity contribution in [2.75, 3.05) is 0 Å². The van der Waals surface area contributed by atoms with Crippen LogP contribution in [0.3, 0.4) is 0 Å². The van der Waals surface area contributed by atoms with Crippen LogP contribution in [0.1, 0.15) is 26.5 Å². The summed E-state index contributed by atoms with van der Waals surface area (Å²) in [5.41, 5.74) is -0.561. The van der Waals surface area contributed by atoms with E-state index in [0.717, 1.165) is 0 Å². The van der Waals surface area contributed by atoms with Gasteiger partial charge in [0.2, 0.25) is 15.8 Å². The highest BCUT2D eigenvalue weighted by Crippen LogP contribution is 2.28. The maximum Gasteiger partial charge on any atom is 0.244 e. The summed E-state index contributed by atoms with van der Waals surface area (Å²) in [5, 5.41) is 3.56. The number of rotatable bonds is 3. The van der Waals surface area contributed by atoms with Gasteiger partial charge in [-0.2, -0.15) is 0 Å². The monoisotopic (exact) mass is 284 g/mol. The van der Waals surface area contributed by atoms with E-state index in [4.69, 9.17) is 8.94 Å². The third-order valence-electron chi connectivity index (χ3n) is 2.28. The lowest BCUT2D eigenvalue weighted by Crippen LogP contribution is -2.40. The Kier molecular flexibility index (Phi) is 3.27. The van der Waals surface area contributed by atoms with Crippen LogP contribution >= 0.6 is 0 Å². The SMILES string of the molecule is Cc1oc(-c2ccno2)cc1S(=O)(=O)NC(C)(C)C. The second-order valence-electron chi connectivity index (χ2n) is 5.26. The molecule has 0 radical (unpaired) electrons. The highest BCUT2D eigenvalue weighted by atomic mass is 32.2. The number of aromatic nitrogens is 1. The molecule has 1 N–H and O–H groups in total. The summed E-state index contributed by atoms with van der Waals surface area (Å²) in [5.74, 6) is 1.03. The van der Waals surface area contributed by atoms with Gasteiger partial charge < -0.3 is 8.94 Å². The second kappa shape index (κ2) is 4.50. The minimum absolute atomic E-state index is 0.105. The third kappa shape index (κ3) is 3.05. The quantitative estimate of drug-likeness (QED) is 0.934. The van der Waals surface area contributed by atoms with Crippen LogP contribution in [-0.4, -0.2) is 19.1 Å². The van der Waals surface area contributed by atoms with Crippen LogP contribution in [0.2, 0.25) is 0 Å². The van der Waals surface area contributed by atoms with Crippen LogP contribution in [0.4, 0.5) is 0 Å². The van der Waals surface area contributed by atoms with Crippen LogP contribution in [0.25, 0.3) is 11.5 Å². The minimum atomic E-state index is -3.62. The zero-order valence-corrected chi connectivity index (χ0v) is 12.0. The van der Waals surface area contributed by atoms with Crippen molar-refractivity contribution < 1.29 is 17.4 Å². The molecule has 0 aromatic carbocycles. The van der Waals surface area contributed by atoms with E-state index in [0.29, 0.717) is 17.3 Å². The zero-order valence-electron chi connectivity index (χ0n) is 11.2. The maximum atomic E-state index is 12.2. The number of furan rings is 1. The number of sulfonamides is 1. The fourth-order valence-electron chi connectivity index (χ4n) is 1.65. The third-order valence-corrected chi connectivity index (χ3v) is 4.15. The van der Waals surface area contributed by atoms with E-state index in [-0.39, 0.29) is 4.90 Å². The highest BCUT2D eigenvalue weighted by molar-refractivity contribution is 7.89. The molecule has 0 aliphatic heterocycles. The average Bonchev–Trinajstić information content (AvgIpc) is 2.80. The van der Waals surface area contributed by atoms with Crippen molar-refractivity contribution >= 4 is 10.0 Å². The Morgan fingerprint density at radius 2 is 1.95 bits per heavy atom. The fourth-order valence-corrected chi connectivity index (χ4v) is 3.25. The normalized spacial score (nSPS) is 12.8. The van der Waals surface area contributed by atoms with E-state index < -0.39 is 15.6 Å². The fraction of sp³-hybridized carbons (Fsp3) is 0.417. The predicted octanol–water partition coefficient (Wildman–Crippen LogP) is 2.32. The molecule has 0 amide bonds. The van der Waals surface area contributed by atoms with Crippen LogP contribution < -0.4 is 4.72 Å². The van der Waals surface area contributed by atoms with Gasteiger partial charge in [0.25, 0.3) is 0 Å². The Hall–Kier alpha value is -1.60. The molecule has 104 valence electrons. The Morgan fingerprint density at radius 1 is 1.26 bits per heavy atom. The van der Waals surface area contributed by atoms with Crippen molar-refractivity contribution in [3.8, 4) is 11.5 Å². The van der Waals surface area contributed by atoms with Gasteiger partial charge in [0.15, 0.2) is 5.76 Å². The lowest BCUT2D eigenvalue weighted by Gasteiger charge is -2.19. The van der Waals surface area contributed by atoms with Crippen molar-refractivity contribution in [2.45, 2.75) is 38.1 Å². The number of nitrogens with zero attached hydrogens (tertiary/aromatic N) is 1. The lowest BCUT2D eigenvalue weighted by atomic mass is 10.1. The minimum Gasteiger partial charge on any atom is -0.457 e. The van der Waals surface area contributed by atoms with Crippen molar-refractivity contribution in [3.63, 3.8) is 0 Å². The molecule has 0 bridgehead atoms. The van der Waals surface area contributed by atoms with Crippen molar-refractivity contribution in [3.05, 3.63) is 24.1 Å². The molecule has 0 aliphatic carbocycles. The van der Waals surface area contributed by atoms with Gasteiger partial charge >= 0.3 is 0 Å².